The maximum Gasteiger partial charge on any atom is 0.441 e. The second-order valence-corrected chi connectivity index (χ2v) is 6.24. The fourth-order valence-electron chi connectivity index (χ4n) is 2.44. The predicted molar refractivity (Wildman–Crippen MR) is 75.5 cm³/mol. The highest BCUT2D eigenvalue weighted by molar-refractivity contribution is 8.00. The molecule has 0 fully saturated rings. The molecule has 0 aliphatic heterocycles. The number of alkyl halides is 3. The average Bonchev–Trinajstić information content (AvgIpc) is 2.80. The first-order valence-corrected chi connectivity index (χ1v) is 7.77. The SMILES string of the molecule is [Cl-].[NH3+][C@@H](CCSC(F)(F)F)C(=O)NC1CCc2ccccc21. The molecule has 1 aliphatic carbocycles. The summed E-state index contributed by atoms with van der Waals surface area (Å²) in [6, 6.07) is 7.18. The highest BCUT2D eigenvalue weighted by Crippen LogP contribution is 2.31. The van der Waals surface area contributed by atoms with Crippen molar-refractivity contribution in [2.45, 2.75) is 36.9 Å². The Bertz CT molecular complexity index is 513. The Kier molecular flexibility index (Phi) is 7.02. The number of amides is 1. The van der Waals surface area contributed by atoms with Crippen molar-refractivity contribution in [2.75, 3.05) is 5.75 Å². The Morgan fingerprint density at radius 2 is 2.09 bits per heavy atom. The molecule has 124 valence electrons. The molecule has 1 aromatic rings. The van der Waals surface area contributed by atoms with Gasteiger partial charge >= 0.3 is 5.51 Å². The van der Waals surface area contributed by atoms with Crippen LogP contribution in [0.4, 0.5) is 13.2 Å². The van der Waals surface area contributed by atoms with Gasteiger partial charge in [0.1, 0.15) is 0 Å². The van der Waals surface area contributed by atoms with E-state index in [1.165, 1.54) is 5.56 Å². The van der Waals surface area contributed by atoms with Gasteiger partial charge in [-0.15, -0.1) is 0 Å². The molecule has 1 amide bonds. The van der Waals surface area contributed by atoms with Gasteiger partial charge in [0.2, 0.25) is 0 Å². The zero-order chi connectivity index (χ0) is 15.5. The van der Waals surface area contributed by atoms with Gasteiger partial charge in [0.25, 0.3) is 5.91 Å². The molecule has 22 heavy (non-hydrogen) atoms. The lowest BCUT2D eigenvalue weighted by molar-refractivity contribution is -0.404. The summed E-state index contributed by atoms with van der Waals surface area (Å²) in [6.45, 7) is 0. The molecule has 0 radical (unpaired) electrons. The highest BCUT2D eigenvalue weighted by Gasteiger charge is 2.30. The lowest BCUT2D eigenvalue weighted by Crippen LogP contribution is -3.00. The Labute approximate surface area is 137 Å². The highest BCUT2D eigenvalue weighted by atomic mass is 35.5. The van der Waals surface area contributed by atoms with Gasteiger partial charge in [-0.25, -0.2) is 0 Å². The number of carbonyl (C=O) groups is 1. The van der Waals surface area contributed by atoms with Gasteiger partial charge in [0.05, 0.1) is 6.04 Å². The number of thioether (sulfide) groups is 1. The molecule has 2 rings (SSSR count). The van der Waals surface area contributed by atoms with Gasteiger partial charge in [-0.1, -0.05) is 36.0 Å². The van der Waals surface area contributed by atoms with Crippen LogP contribution in [0.1, 0.15) is 30.0 Å². The molecule has 1 unspecified atom stereocenters. The van der Waals surface area contributed by atoms with Gasteiger partial charge in [-0.2, -0.15) is 13.2 Å². The van der Waals surface area contributed by atoms with Gasteiger partial charge in [0.15, 0.2) is 6.04 Å². The summed E-state index contributed by atoms with van der Waals surface area (Å²) in [7, 11) is 0. The predicted octanol–water partition coefficient (Wildman–Crippen LogP) is -0.952. The van der Waals surface area contributed by atoms with Gasteiger partial charge in [0, 0.05) is 12.2 Å². The fraction of sp³-hybridized carbons (Fsp3) is 0.500. The third kappa shape index (κ3) is 5.37. The molecule has 3 nitrogen and oxygen atoms in total. The smallest absolute Gasteiger partial charge is 0.441 e. The summed E-state index contributed by atoms with van der Waals surface area (Å²) in [6.07, 6.45) is 1.85. The molecular weight excluding hydrogens is 337 g/mol. The van der Waals surface area contributed by atoms with Crippen LogP contribution in [-0.4, -0.2) is 23.2 Å². The second kappa shape index (κ2) is 8.08. The number of rotatable bonds is 5. The number of hydrogen-bond acceptors (Lipinski definition) is 2. The van der Waals surface area contributed by atoms with Crippen molar-refractivity contribution in [2.24, 2.45) is 0 Å². The lowest BCUT2D eigenvalue weighted by atomic mass is 10.1. The zero-order valence-corrected chi connectivity index (χ0v) is 13.4. The zero-order valence-electron chi connectivity index (χ0n) is 11.8. The summed E-state index contributed by atoms with van der Waals surface area (Å²) in [5, 5.41) is 2.89. The van der Waals surface area contributed by atoms with Crippen LogP contribution < -0.4 is 23.5 Å². The number of aryl methyl sites for hydroxylation is 1. The van der Waals surface area contributed by atoms with Gasteiger partial charge in [-0.05, 0) is 24.0 Å². The number of benzene rings is 1. The average molecular weight is 355 g/mol. The monoisotopic (exact) mass is 354 g/mol. The summed E-state index contributed by atoms with van der Waals surface area (Å²) in [5.74, 6) is -0.425. The molecule has 0 saturated heterocycles. The van der Waals surface area contributed by atoms with E-state index in [0.717, 1.165) is 18.4 Å². The molecule has 0 aromatic heterocycles. The van der Waals surface area contributed by atoms with Crippen molar-refractivity contribution in [1.82, 2.24) is 5.32 Å². The number of fused-ring (bicyclic) bond motifs is 1. The maximum atomic E-state index is 12.0. The molecular formula is C14H18ClF3N2OS. The van der Waals surface area contributed by atoms with Crippen molar-refractivity contribution in [3.63, 3.8) is 0 Å². The minimum Gasteiger partial charge on any atom is -1.00 e. The van der Waals surface area contributed by atoms with E-state index in [1.54, 1.807) is 0 Å². The topological polar surface area (TPSA) is 56.7 Å². The molecule has 0 heterocycles. The van der Waals surface area contributed by atoms with Crippen LogP contribution in [0.25, 0.3) is 0 Å². The third-order valence-corrected chi connectivity index (χ3v) is 4.32. The minimum atomic E-state index is -4.25. The first-order valence-electron chi connectivity index (χ1n) is 6.79. The van der Waals surface area contributed by atoms with E-state index in [0.29, 0.717) is 0 Å². The number of hydrogen-bond donors (Lipinski definition) is 2. The molecule has 2 atom stereocenters. The van der Waals surface area contributed by atoms with Crippen LogP contribution in [0.15, 0.2) is 24.3 Å². The largest absolute Gasteiger partial charge is 1.00 e. The number of carbonyl (C=O) groups excluding carboxylic acids is 1. The van der Waals surface area contributed by atoms with Crippen molar-refractivity contribution in [3.8, 4) is 0 Å². The first-order chi connectivity index (χ1) is 9.87. The normalized spacial score (nSPS) is 18.3. The van der Waals surface area contributed by atoms with Crippen LogP contribution in [0.2, 0.25) is 0 Å². The first kappa shape index (κ1) is 19.1. The minimum absolute atomic E-state index is 0. The number of nitrogens with one attached hydrogen (secondary N) is 1. The molecule has 0 spiro atoms. The third-order valence-electron chi connectivity index (χ3n) is 3.55. The van der Waals surface area contributed by atoms with E-state index in [-0.39, 0.29) is 48.3 Å². The van der Waals surface area contributed by atoms with Crippen LogP contribution in [-0.2, 0) is 11.2 Å². The summed E-state index contributed by atoms with van der Waals surface area (Å²) in [5.41, 5.74) is 1.73. The Balaban J connectivity index is 0.00000242. The Morgan fingerprint density at radius 1 is 1.41 bits per heavy atom. The Hall–Kier alpha value is -0.920. The fourth-order valence-corrected chi connectivity index (χ4v) is 3.08. The van der Waals surface area contributed by atoms with Crippen LogP contribution in [0, 0.1) is 0 Å². The van der Waals surface area contributed by atoms with Gasteiger partial charge < -0.3 is 23.5 Å². The molecule has 4 N–H and O–H groups in total. The van der Waals surface area contributed by atoms with Crippen LogP contribution in [0.5, 0.6) is 0 Å². The van der Waals surface area contributed by atoms with Crippen LogP contribution in [0.3, 0.4) is 0 Å². The Morgan fingerprint density at radius 3 is 2.77 bits per heavy atom. The van der Waals surface area contributed by atoms with Crippen LogP contribution >= 0.6 is 11.8 Å². The standard InChI is InChI=1S/C14H17F3N2OS.ClH/c15-14(16,17)21-8-7-11(18)13(20)19-12-6-5-9-3-1-2-4-10(9)12;/h1-4,11-12H,5-8,18H2,(H,19,20);1H/t11-,12?;/m0./s1. The summed E-state index contributed by atoms with van der Waals surface area (Å²) >= 11 is -0.109. The molecule has 1 aliphatic rings. The number of quaternary nitrogens is 1. The maximum absolute atomic E-state index is 12.0. The molecule has 1 aromatic carbocycles. The van der Waals surface area contributed by atoms with E-state index in [4.69, 9.17) is 0 Å². The van der Waals surface area contributed by atoms with E-state index in [9.17, 15) is 18.0 Å². The van der Waals surface area contributed by atoms with Crippen molar-refractivity contribution in [3.05, 3.63) is 35.4 Å². The quantitative estimate of drug-likeness (QED) is 0.716. The summed E-state index contributed by atoms with van der Waals surface area (Å²) < 4.78 is 36.1. The van der Waals surface area contributed by atoms with E-state index < -0.39 is 11.6 Å². The van der Waals surface area contributed by atoms with E-state index in [1.807, 2.05) is 24.3 Å². The molecule has 8 heteroatoms. The number of halogens is 4. The van der Waals surface area contributed by atoms with Crippen molar-refractivity contribution >= 4 is 17.7 Å². The van der Waals surface area contributed by atoms with Crippen molar-refractivity contribution in [1.29, 1.82) is 0 Å². The molecule has 0 bridgehead atoms. The van der Waals surface area contributed by atoms with Crippen molar-refractivity contribution < 1.29 is 36.1 Å². The summed E-state index contributed by atoms with van der Waals surface area (Å²) in [4.78, 5) is 12.0. The van der Waals surface area contributed by atoms with E-state index >= 15 is 0 Å². The second-order valence-electron chi connectivity index (χ2n) is 5.08. The lowest BCUT2D eigenvalue weighted by Gasteiger charge is -2.16. The molecule has 0 saturated carbocycles. The van der Waals surface area contributed by atoms with E-state index in [2.05, 4.69) is 11.1 Å². The van der Waals surface area contributed by atoms with Gasteiger partial charge in [-0.3, -0.25) is 4.79 Å².